The number of rotatable bonds is 7. The molecule has 4 aromatic rings. The number of anilines is 1. The van der Waals surface area contributed by atoms with Gasteiger partial charge < -0.3 is 34.7 Å². The number of fused-ring (bicyclic) bond motifs is 3. The van der Waals surface area contributed by atoms with Crippen LogP contribution in [0.15, 0.2) is 53.5 Å². The minimum absolute atomic E-state index is 0.111. The summed E-state index contributed by atoms with van der Waals surface area (Å²) < 4.78 is 35.9. The van der Waals surface area contributed by atoms with Crippen LogP contribution in [-0.2, 0) is 18.4 Å². The van der Waals surface area contributed by atoms with Crippen LogP contribution >= 0.6 is 0 Å². The van der Waals surface area contributed by atoms with E-state index >= 15 is 0 Å². The van der Waals surface area contributed by atoms with Crippen molar-refractivity contribution >= 4 is 22.5 Å². The molecule has 2 aromatic carbocycles. The topological polar surface area (TPSA) is 123 Å². The van der Waals surface area contributed by atoms with Gasteiger partial charge in [0.15, 0.2) is 11.6 Å². The number of hydrogen-bond acceptors (Lipinski definition) is 7. The Kier molecular flexibility index (Phi) is 7.92. The molecule has 1 aliphatic heterocycles. The average molecular weight is 634 g/mol. The van der Waals surface area contributed by atoms with Crippen LogP contribution in [0.1, 0.15) is 18.5 Å². The van der Waals surface area contributed by atoms with Crippen LogP contribution in [0.3, 0.4) is 0 Å². The number of aliphatic hydroxyl groups excluding tert-OH is 2. The predicted octanol–water partition coefficient (Wildman–Crippen LogP) is 3.67. The number of aromatic amines is 1. The van der Waals surface area contributed by atoms with Crippen molar-refractivity contribution in [1.29, 1.82) is 0 Å². The molecule has 12 heteroatoms. The maximum Gasteiger partial charge on any atom is 0.274 e. The van der Waals surface area contributed by atoms with Gasteiger partial charge in [0.25, 0.3) is 5.56 Å². The van der Waals surface area contributed by atoms with Gasteiger partial charge in [-0.2, -0.15) is 0 Å². The first-order chi connectivity index (χ1) is 22.0. The highest BCUT2D eigenvalue weighted by atomic mass is 19.1. The van der Waals surface area contributed by atoms with Crippen LogP contribution in [0.5, 0.6) is 11.5 Å². The second-order valence-corrected chi connectivity index (χ2v) is 13.0. The van der Waals surface area contributed by atoms with E-state index in [0.29, 0.717) is 47.1 Å². The molecule has 5 atom stereocenters. The monoisotopic (exact) mass is 633 g/mol. The van der Waals surface area contributed by atoms with E-state index in [0.717, 1.165) is 44.0 Å². The van der Waals surface area contributed by atoms with E-state index < -0.39 is 29.8 Å². The first kappa shape index (κ1) is 30.5. The molecule has 3 heterocycles. The van der Waals surface area contributed by atoms with E-state index in [2.05, 4.69) is 27.1 Å². The number of nitrogens with zero attached hydrogens (tertiary/aromatic N) is 3. The van der Waals surface area contributed by atoms with Gasteiger partial charge in [-0.25, -0.2) is 8.78 Å². The molecule has 242 valence electrons. The van der Waals surface area contributed by atoms with Gasteiger partial charge in [0, 0.05) is 85.8 Å². The SMILES string of the molecule is CN1CCN(Cc2cc3c(-c4cc(NC(=O)[C@@H]5C[C@H]6C[C@@H]5[C@H](O)[C@@H]6O)ccc4Oc4ccc(F)cc4F)cn(C)c(=O)c3[nH]2)CC1. The van der Waals surface area contributed by atoms with Crippen LogP contribution in [0, 0.1) is 29.4 Å². The van der Waals surface area contributed by atoms with Crippen molar-refractivity contribution in [3.8, 4) is 22.6 Å². The Morgan fingerprint density at radius 2 is 1.74 bits per heavy atom. The summed E-state index contributed by atoms with van der Waals surface area (Å²) >= 11 is 0. The first-order valence-corrected chi connectivity index (χ1v) is 15.6. The molecule has 2 bridgehead atoms. The number of halogens is 2. The van der Waals surface area contributed by atoms with E-state index in [1.807, 2.05) is 6.07 Å². The summed E-state index contributed by atoms with van der Waals surface area (Å²) in [5.41, 5.74) is 2.61. The fourth-order valence-corrected chi connectivity index (χ4v) is 7.36. The van der Waals surface area contributed by atoms with Crippen molar-refractivity contribution in [1.82, 2.24) is 19.4 Å². The van der Waals surface area contributed by atoms with Crippen LogP contribution < -0.4 is 15.6 Å². The number of likely N-dealkylation sites (N-methyl/N-ethyl adjacent to an activating group) is 1. The zero-order valence-electron chi connectivity index (χ0n) is 25.7. The van der Waals surface area contributed by atoms with Crippen LogP contribution in [0.4, 0.5) is 14.5 Å². The molecule has 46 heavy (non-hydrogen) atoms. The zero-order valence-corrected chi connectivity index (χ0v) is 25.7. The number of pyridine rings is 1. The smallest absolute Gasteiger partial charge is 0.274 e. The highest BCUT2D eigenvalue weighted by Gasteiger charge is 2.53. The standard InChI is InChI=1S/C34H37F2N5O5/c1-39-7-9-41(10-8-39)16-21-15-23-26(17-40(2)34(45)30(23)37-21)22-14-20(4-6-28(22)46-29-5-3-19(35)13-27(29)36)38-33(44)25-12-18-11-24(25)32(43)31(18)42/h3-6,13-15,17-18,24-25,31-32,37,42-43H,7-12,16H2,1-2H3,(H,38,44)/t18-,24+,25-,31-,32+/m1/s1. The number of H-pyrrole nitrogens is 1. The number of aliphatic hydroxyl groups is 2. The summed E-state index contributed by atoms with van der Waals surface area (Å²) in [7, 11) is 3.74. The van der Waals surface area contributed by atoms with Gasteiger partial charge in [0.1, 0.15) is 17.1 Å². The number of carbonyl (C=O) groups is 1. The highest BCUT2D eigenvalue weighted by molar-refractivity contribution is 5.99. The lowest BCUT2D eigenvalue weighted by Gasteiger charge is -2.31. The van der Waals surface area contributed by atoms with Crippen LogP contribution in [0.25, 0.3) is 22.0 Å². The Hall–Kier alpha value is -4.10. The summed E-state index contributed by atoms with van der Waals surface area (Å²) in [5, 5.41) is 24.2. The average Bonchev–Trinajstić information content (AvgIpc) is 3.73. The molecular weight excluding hydrogens is 596 g/mol. The second-order valence-electron chi connectivity index (χ2n) is 13.0. The predicted molar refractivity (Wildman–Crippen MR) is 169 cm³/mol. The maximum atomic E-state index is 14.7. The number of piperazine rings is 1. The Labute approximate surface area is 264 Å². The third kappa shape index (κ3) is 5.59. The fraction of sp³-hybridized carbons (Fsp3) is 0.412. The van der Waals surface area contributed by atoms with Crippen molar-refractivity contribution < 1.29 is 28.5 Å². The summed E-state index contributed by atoms with van der Waals surface area (Å²) in [6.45, 7) is 4.34. The maximum absolute atomic E-state index is 14.7. The quantitative estimate of drug-likeness (QED) is 0.245. The van der Waals surface area contributed by atoms with Gasteiger partial charge >= 0.3 is 0 Å². The number of hydrogen-bond donors (Lipinski definition) is 4. The molecule has 0 unspecified atom stereocenters. The molecule has 3 fully saturated rings. The Morgan fingerprint density at radius 1 is 0.978 bits per heavy atom. The van der Waals surface area contributed by atoms with Crippen molar-refractivity contribution in [2.75, 3.05) is 38.5 Å². The fourth-order valence-electron chi connectivity index (χ4n) is 7.36. The lowest BCUT2D eigenvalue weighted by atomic mass is 9.84. The van der Waals surface area contributed by atoms with Gasteiger partial charge in [-0.1, -0.05) is 0 Å². The number of aryl methyl sites for hydroxylation is 1. The molecule has 2 saturated carbocycles. The second kappa shape index (κ2) is 11.9. The molecule has 4 N–H and O–H groups in total. The minimum atomic E-state index is -0.932. The molecule has 1 saturated heterocycles. The summed E-state index contributed by atoms with van der Waals surface area (Å²) in [6, 6.07) is 9.94. The number of ether oxygens (including phenoxy) is 1. The van der Waals surface area contributed by atoms with Crippen LogP contribution in [-0.4, -0.2) is 80.9 Å². The van der Waals surface area contributed by atoms with Gasteiger partial charge in [-0.05, 0) is 68.1 Å². The molecule has 0 radical (unpaired) electrons. The Morgan fingerprint density at radius 3 is 2.46 bits per heavy atom. The summed E-state index contributed by atoms with van der Waals surface area (Å²) in [5.74, 6) is -2.68. The van der Waals surface area contributed by atoms with E-state index in [9.17, 15) is 28.6 Å². The van der Waals surface area contributed by atoms with E-state index in [1.165, 1.54) is 10.6 Å². The van der Waals surface area contributed by atoms with Gasteiger partial charge in [0.2, 0.25) is 5.91 Å². The van der Waals surface area contributed by atoms with Crippen molar-refractivity contribution in [3.63, 3.8) is 0 Å². The highest BCUT2D eigenvalue weighted by Crippen LogP contribution is 2.49. The number of nitrogens with one attached hydrogen (secondary N) is 2. The van der Waals surface area contributed by atoms with Crippen molar-refractivity contribution in [3.05, 3.63) is 76.3 Å². The zero-order chi connectivity index (χ0) is 32.3. The van der Waals surface area contributed by atoms with Crippen molar-refractivity contribution in [2.45, 2.75) is 31.6 Å². The molecule has 0 spiro atoms. The lowest BCUT2D eigenvalue weighted by molar-refractivity contribution is -0.125. The molecule has 10 nitrogen and oxygen atoms in total. The van der Waals surface area contributed by atoms with Gasteiger partial charge in [0.05, 0.1) is 12.2 Å². The normalized spacial score (nSPS) is 25.0. The van der Waals surface area contributed by atoms with E-state index in [1.54, 1.807) is 31.4 Å². The van der Waals surface area contributed by atoms with Crippen molar-refractivity contribution in [2.24, 2.45) is 24.8 Å². The largest absolute Gasteiger partial charge is 0.454 e. The number of aromatic nitrogens is 2. The molecule has 1 amide bonds. The molecular formula is C34H37F2N5O5. The van der Waals surface area contributed by atoms with Gasteiger partial charge in [-0.15, -0.1) is 0 Å². The Bertz CT molecular complexity index is 1860. The van der Waals surface area contributed by atoms with Gasteiger partial charge in [-0.3, -0.25) is 14.5 Å². The first-order valence-electron chi connectivity index (χ1n) is 15.6. The minimum Gasteiger partial charge on any atom is -0.454 e. The third-order valence-corrected chi connectivity index (χ3v) is 9.92. The number of benzene rings is 2. The molecule has 7 rings (SSSR count). The summed E-state index contributed by atoms with van der Waals surface area (Å²) in [6.07, 6.45) is 1.04. The molecule has 3 aliphatic rings. The Balaban J connectivity index is 1.27. The molecule has 2 aromatic heterocycles. The third-order valence-electron chi connectivity index (χ3n) is 9.92. The summed E-state index contributed by atoms with van der Waals surface area (Å²) in [4.78, 5) is 34.6. The van der Waals surface area contributed by atoms with E-state index in [4.69, 9.17) is 4.74 Å². The van der Waals surface area contributed by atoms with Crippen LogP contribution in [0.2, 0.25) is 0 Å². The van der Waals surface area contributed by atoms with E-state index in [-0.39, 0.29) is 34.8 Å². The lowest BCUT2D eigenvalue weighted by Crippen LogP contribution is -2.43. The number of carbonyl (C=O) groups excluding carboxylic acids is 1. The molecule has 2 aliphatic carbocycles. The number of amides is 1.